The van der Waals surface area contributed by atoms with Crippen molar-refractivity contribution >= 4 is 5.78 Å². The summed E-state index contributed by atoms with van der Waals surface area (Å²) in [5, 5.41) is 0. The summed E-state index contributed by atoms with van der Waals surface area (Å²) in [5.74, 6) is 2.06. The van der Waals surface area contributed by atoms with E-state index in [4.69, 9.17) is 0 Å². The van der Waals surface area contributed by atoms with Crippen molar-refractivity contribution in [1.29, 1.82) is 0 Å². The molecule has 1 fully saturated rings. The van der Waals surface area contributed by atoms with Crippen molar-refractivity contribution in [1.82, 2.24) is 0 Å². The van der Waals surface area contributed by atoms with Gasteiger partial charge in [-0.1, -0.05) is 20.3 Å². The molecule has 1 radical (unpaired) electrons. The van der Waals surface area contributed by atoms with Crippen LogP contribution in [0.2, 0.25) is 0 Å². The van der Waals surface area contributed by atoms with Crippen LogP contribution < -0.4 is 0 Å². The molecular weight excluding hydrogens is 124 g/mol. The number of carbonyl (C=O) groups is 1. The molecule has 0 spiro atoms. The number of ketones is 1. The molecule has 1 rings (SSSR count). The topological polar surface area (TPSA) is 17.1 Å². The van der Waals surface area contributed by atoms with Gasteiger partial charge in [-0.3, -0.25) is 4.79 Å². The van der Waals surface area contributed by atoms with Gasteiger partial charge in [0.05, 0.1) is 0 Å². The molecule has 1 saturated carbocycles. The summed E-state index contributed by atoms with van der Waals surface area (Å²) in [6.07, 6.45) is 4.27. The van der Waals surface area contributed by atoms with E-state index in [0.717, 1.165) is 19.3 Å². The van der Waals surface area contributed by atoms with Crippen molar-refractivity contribution in [2.75, 3.05) is 0 Å². The molecule has 0 bridgehead atoms. The third-order valence-electron chi connectivity index (χ3n) is 2.25. The van der Waals surface area contributed by atoms with E-state index in [0.29, 0.717) is 11.7 Å². The number of Topliss-reactive ketones (excluding diaryl/α,β-unsaturated/α-hetero) is 1. The van der Waals surface area contributed by atoms with Gasteiger partial charge in [0.25, 0.3) is 0 Å². The van der Waals surface area contributed by atoms with Crippen molar-refractivity contribution in [3.63, 3.8) is 0 Å². The first-order valence-corrected chi connectivity index (χ1v) is 4.04. The molecular formula is C9H15O. The van der Waals surface area contributed by atoms with Crippen molar-refractivity contribution in [2.45, 2.75) is 39.5 Å². The molecule has 1 heteroatoms. The average Bonchev–Trinajstić information content (AvgIpc) is 1.88. The summed E-state index contributed by atoms with van der Waals surface area (Å²) >= 11 is 0. The smallest absolute Gasteiger partial charge is 0.136 e. The molecule has 0 amide bonds. The Labute approximate surface area is 62.8 Å². The predicted octanol–water partition coefficient (Wildman–Crippen LogP) is 2.36. The van der Waals surface area contributed by atoms with Crippen LogP contribution in [0.5, 0.6) is 0 Å². The van der Waals surface area contributed by atoms with Crippen molar-refractivity contribution in [3.05, 3.63) is 5.92 Å². The fraction of sp³-hybridized carbons (Fsp3) is 0.778. The number of rotatable bonds is 1. The summed E-state index contributed by atoms with van der Waals surface area (Å²) in [6.45, 7) is 4.13. The molecule has 1 nitrogen and oxygen atoms in total. The highest BCUT2D eigenvalue weighted by atomic mass is 16.1. The minimum Gasteiger partial charge on any atom is -0.299 e. The van der Waals surface area contributed by atoms with E-state index in [2.05, 4.69) is 13.8 Å². The second-order valence-electron chi connectivity index (χ2n) is 3.34. The van der Waals surface area contributed by atoms with Crippen molar-refractivity contribution in [3.8, 4) is 0 Å². The lowest BCUT2D eigenvalue weighted by molar-refractivity contribution is -0.123. The van der Waals surface area contributed by atoms with E-state index in [-0.39, 0.29) is 0 Å². The van der Waals surface area contributed by atoms with Crippen LogP contribution in [0.25, 0.3) is 0 Å². The Bertz CT molecular complexity index is 127. The highest BCUT2D eigenvalue weighted by molar-refractivity contribution is 5.83. The summed E-state index contributed by atoms with van der Waals surface area (Å²) < 4.78 is 0. The fourth-order valence-corrected chi connectivity index (χ4v) is 1.59. The van der Waals surface area contributed by atoms with Crippen LogP contribution >= 0.6 is 0 Å². The van der Waals surface area contributed by atoms with Crippen molar-refractivity contribution < 1.29 is 4.79 Å². The molecule has 1 aliphatic carbocycles. The molecule has 0 saturated heterocycles. The lowest BCUT2D eigenvalue weighted by Crippen LogP contribution is -2.22. The second kappa shape index (κ2) is 3.18. The second-order valence-corrected chi connectivity index (χ2v) is 3.34. The molecule has 0 aromatic carbocycles. The van der Waals surface area contributed by atoms with E-state index in [1.54, 1.807) is 0 Å². The van der Waals surface area contributed by atoms with E-state index < -0.39 is 0 Å². The highest BCUT2D eigenvalue weighted by Crippen LogP contribution is 2.27. The lowest BCUT2D eigenvalue weighted by Gasteiger charge is -2.22. The van der Waals surface area contributed by atoms with Crippen LogP contribution in [0.3, 0.4) is 0 Å². The fourth-order valence-electron chi connectivity index (χ4n) is 1.59. The predicted molar refractivity (Wildman–Crippen MR) is 41.6 cm³/mol. The van der Waals surface area contributed by atoms with Gasteiger partial charge >= 0.3 is 0 Å². The zero-order valence-corrected chi connectivity index (χ0v) is 6.81. The van der Waals surface area contributed by atoms with E-state index in [9.17, 15) is 4.79 Å². The van der Waals surface area contributed by atoms with Crippen molar-refractivity contribution in [2.24, 2.45) is 5.92 Å². The van der Waals surface area contributed by atoms with E-state index >= 15 is 0 Å². The molecule has 0 heterocycles. The Morgan fingerprint density at radius 3 is 2.50 bits per heavy atom. The first-order chi connectivity index (χ1) is 4.72. The molecule has 1 aliphatic rings. The van der Waals surface area contributed by atoms with E-state index in [1.807, 2.05) is 0 Å². The van der Waals surface area contributed by atoms with Gasteiger partial charge in [-0.05, 0) is 18.8 Å². The highest BCUT2D eigenvalue weighted by Gasteiger charge is 2.24. The van der Waals surface area contributed by atoms with Crippen LogP contribution in [0.1, 0.15) is 39.5 Å². The molecule has 0 aliphatic heterocycles. The molecule has 0 aromatic heterocycles. The monoisotopic (exact) mass is 139 g/mol. The summed E-state index contributed by atoms with van der Waals surface area (Å²) in [4.78, 5) is 11.2. The average molecular weight is 139 g/mol. The normalized spacial score (nSPS) is 27.5. The van der Waals surface area contributed by atoms with Gasteiger partial charge in [-0.25, -0.2) is 0 Å². The standard InChI is InChI=1S/C9H15O/c1-7(2)8-5-3-4-6-9(8)10/h8H,3-6H2,1-2H3. The van der Waals surface area contributed by atoms with Crippen LogP contribution in [0.4, 0.5) is 0 Å². The van der Waals surface area contributed by atoms with Crippen LogP contribution in [-0.2, 0) is 4.79 Å². The van der Waals surface area contributed by atoms with Gasteiger partial charge < -0.3 is 0 Å². The maximum atomic E-state index is 11.2. The summed E-state index contributed by atoms with van der Waals surface area (Å²) in [5.41, 5.74) is 0. The Morgan fingerprint density at radius 1 is 1.40 bits per heavy atom. The van der Waals surface area contributed by atoms with Crippen LogP contribution in [0, 0.1) is 11.8 Å². The molecule has 1 unspecified atom stereocenters. The Hall–Kier alpha value is -0.330. The minimum absolute atomic E-state index is 0.300. The molecule has 57 valence electrons. The minimum atomic E-state index is 0.300. The third kappa shape index (κ3) is 1.59. The molecule has 10 heavy (non-hydrogen) atoms. The zero-order valence-electron chi connectivity index (χ0n) is 6.81. The van der Waals surface area contributed by atoms with Crippen LogP contribution in [-0.4, -0.2) is 5.78 Å². The quantitative estimate of drug-likeness (QED) is 0.545. The first kappa shape index (κ1) is 7.77. The first-order valence-electron chi connectivity index (χ1n) is 4.04. The zero-order chi connectivity index (χ0) is 7.56. The number of carbonyl (C=O) groups excluding carboxylic acids is 1. The Morgan fingerprint density at radius 2 is 2.10 bits per heavy atom. The Kier molecular flexibility index (Phi) is 2.47. The van der Waals surface area contributed by atoms with Crippen LogP contribution in [0.15, 0.2) is 0 Å². The summed E-state index contributed by atoms with van der Waals surface area (Å²) in [6, 6.07) is 0. The lowest BCUT2D eigenvalue weighted by atomic mass is 9.81. The summed E-state index contributed by atoms with van der Waals surface area (Å²) in [7, 11) is 0. The molecule has 1 atom stereocenters. The number of hydrogen-bond donors (Lipinski definition) is 0. The third-order valence-corrected chi connectivity index (χ3v) is 2.25. The maximum absolute atomic E-state index is 11.2. The molecule has 0 N–H and O–H groups in total. The number of hydrogen-bond acceptors (Lipinski definition) is 1. The Balaban J connectivity index is 2.48. The van der Waals surface area contributed by atoms with Gasteiger partial charge in [-0.15, -0.1) is 0 Å². The van der Waals surface area contributed by atoms with Gasteiger partial charge in [-0.2, -0.15) is 0 Å². The molecule has 0 aromatic rings. The van der Waals surface area contributed by atoms with E-state index in [1.165, 1.54) is 12.3 Å². The van der Waals surface area contributed by atoms with Gasteiger partial charge in [0, 0.05) is 12.3 Å². The van der Waals surface area contributed by atoms with Gasteiger partial charge in [0.15, 0.2) is 0 Å². The largest absolute Gasteiger partial charge is 0.299 e. The van der Waals surface area contributed by atoms with Gasteiger partial charge in [0.1, 0.15) is 5.78 Å². The SMILES string of the molecule is C[C](C)C1CCCCC1=O. The van der Waals surface area contributed by atoms with Gasteiger partial charge in [0.2, 0.25) is 0 Å². The maximum Gasteiger partial charge on any atom is 0.136 e.